The third-order valence-corrected chi connectivity index (χ3v) is 4.90. The van der Waals surface area contributed by atoms with E-state index in [0.29, 0.717) is 5.69 Å². The smallest absolute Gasteiger partial charge is 0.322 e. The highest BCUT2D eigenvalue weighted by atomic mass is 32.2. The minimum atomic E-state index is -0.960. The molecule has 0 saturated heterocycles. The predicted octanol–water partition coefficient (Wildman–Crippen LogP) is 2.45. The highest BCUT2D eigenvalue weighted by Crippen LogP contribution is 2.31. The standard InChI is InChI=1S/C17H17N5O5S/c1-4-27-15(24)17(2,3)28-16-19-13-12(14(23)20-16)9-18-21(13)10-5-7-11(8-6-10)22(25)26/h5-9H,4H2,1-3H3,(H,19,20,23). The molecule has 3 aromatic rings. The number of carbonyl (C=O) groups is 1. The number of aromatic amines is 1. The average Bonchev–Trinajstić information content (AvgIpc) is 3.06. The molecule has 0 fully saturated rings. The summed E-state index contributed by atoms with van der Waals surface area (Å²) in [5.74, 6) is -0.424. The van der Waals surface area contributed by atoms with Gasteiger partial charge in [-0.15, -0.1) is 0 Å². The number of benzene rings is 1. The summed E-state index contributed by atoms with van der Waals surface area (Å²) in [5.41, 5.74) is 0.331. The molecule has 0 spiro atoms. The summed E-state index contributed by atoms with van der Waals surface area (Å²) in [7, 11) is 0. The molecule has 1 aromatic carbocycles. The van der Waals surface area contributed by atoms with Crippen LogP contribution in [0, 0.1) is 10.1 Å². The Balaban J connectivity index is 2.02. The number of nitrogens with zero attached hydrogens (tertiary/aromatic N) is 4. The predicted molar refractivity (Wildman–Crippen MR) is 103 cm³/mol. The summed E-state index contributed by atoms with van der Waals surface area (Å²) < 4.78 is 5.50. The van der Waals surface area contributed by atoms with Gasteiger partial charge in [-0.2, -0.15) is 5.10 Å². The van der Waals surface area contributed by atoms with Gasteiger partial charge in [-0.3, -0.25) is 19.7 Å². The molecule has 0 aliphatic rings. The van der Waals surface area contributed by atoms with Gasteiger partial charge in [-0.05, 0) is 32.9 Å². The summed E-state index contributed by atoms with van der Waals surface area (Å²) in [6.07, 6.45) is 1.37. The number of thioether (sulfide) groups is 1. The average molecular weight is 403 g/mol. The van der Waals surface area contributed by atoms with Gasteiger partial charge in [0.1, 0.15) is 10.1 Å². The first-order valence-corrected chi connectivity index (χ1v) is 9.13. The molecule has 10 nitrogen and oxygen atoms in total. The number of hydrogen-bond acceptors (Lipinski definition) is 8. The lowest BCUT2D eigenvalue weighted by Gasteiger charge is -2.20. The van der Waals surface area contributed by atoms with Gasteiger partial charge in [-0.1, -0.05) is 11.8 Å². The third-order valence-electron chi connectivity index (χ3n) is 3.84. The number of esters is 1. The third kappa shape index (κ3) is 3.74. The quantitative estimate of drug-likeness (QED) is 0.218. The van der Waals surface area contributed by atoms with E-state index in [1.54, 1.807) is 20.8 Å². The summed E-state index contributed by atoms with van der Waals surface area (Å²) >= 11 is 1.06. The van der Waals surface area contributed by atoms with Crippen molar-refractivity contribution >= 4 is 34.5 Å². The number of rotatable bonds is 6. The van der Waals surface area contributed by atoms with Gasteiger partial charge >= 0.3 is 5.97 Å². The molecule has 0 bridgehead atoms. The zero-order chi connectivity index (χ0) is 20.5. The Bertz CT molecular complexity index is 1100. The van der Waals surface area contributed by atoms with Gasteiger partial charge in [0, 0.05) is 12.1 Å². The number of nitro groups is 1. The fraction of sp³-hybridized carbons (Fsp3) is 0.294. The minimum absolute atomic E-state index is 0.0570. The first-order valence-electron chi connectivity index (χ1n) is 8.32. The highest BCUT2D eigenvalue weighted by Gasteiger charge is 2.32. The van der Waals surface area contributed by atoms with E-state index in [1.807, 2.05) is 0 Å². The maximum atomic E-state index is 12.4. The molecule has 146 valence electrons. The zero-order valence-electron chi connectivity index (χ0n) is 15.3. The molecule has 3 rings (SSSR count). The van der Waals surface area contributed by atoms with Crippen LogP contribution in [0.1, 0.15) is 20.8 Å². The van der Waals surface area contributed by atoms with Crippen molar-refractivity contribution in [3.05, 3.63) is 50.9 Å². The number of fused-ring (bicyclic) bond motifs is 1. The number of aromatic nitrogens is 4. The maximum Gasteiger partial charge on any atom is 0.322 e. The summed E-state index contributed by atoms with van der Waals surface area (Å²) in [5, 5.41) is 15.5. The van der Waals surface area contributed by atoms with Crippen LogP contribution in [-0.2, 0) is 9.53 Å². The minimum Gasteiger partial charge on any atom is -0.465 e. The van der Waals surface area contributed by atoms with Crippen LogP contribution in [-0.4, -0.2) is 42.0 Å². The number of non-ortho nitro benzene ring substituents is 1. The van der Waals surface area contributed by atoms with E-state index in [0.717, 1.165) is 11.8 Å². The Morgan fingerprint density at radius 3 is 2.64 bits per heavy atom. The van der Waals surface area contributed by atoms with E-state index in [4.69, 9.17) is 4.74 Å². The summed E-state index contributed by atoms with van der Waals surface area (Å²) in [6, 6.07) is 5.72. The lowest BCUT2D eigenvalue weighted by Crippen LogP contribution is -2.30. The first-order chi connectivity index (χ1) is 13.2. The molecular weight excluding hydrogens is 386 g/mol. The van der Waals surface area contributed by atoms with E-state index in [2.05, 4.69) is 15.1 Å². The molecule has 0 radical (unpaired) electrons. The normalized spacial score (nSPS) is 11.5. The van der Waals surface area contributed by atoms with Crippen LogP contribution in [0.15, 0.2) is 40.4 Å². The highest BCUT2D eigenvalue weighted by molar-refractivity contribution is 8.01. The van der Waals surface area contributed by atoms with Crippen molar-refractivity contribution in [2.75, 3.05) is 6.61 Å². The lowest BCUT2D eigenvalue weighted by molar-refractivity contribution is -0.384. The van der Waals surface area contributed by atoms with Gasteiger partial charge in [0.2, 0.25) is 0 Å². The second-order valence-electron chi connectivity index (χ2n) is 6.27. The number of hydrogen-bond donors (Lipinski definition) is 1. The number of nitro benzene ring substituents is 1. The van der Waals surface area contributed by atoms with Crippen LogP contribution in [0.25, 0.3) is 16.7 Å². The van der Waals surface area contributed by atoms with Gasteiger partial charge in [0.15, 0.2) is 10.8 Å². The number of H-pyrrole nitrogens is 1. The van der Waals surface area contributed by atoms with Crippen LogP contribution < -0.4 is 5.56 Å². The first kappa shape index (κ1) is 19.5. The Morgan fingerprint density at radius 2 is 2.04 bits per heavy atom. The number of nitrogens with one attached hydrogen (secondary N) is 1. The van der Waals surface area contributed by atoms with Crippen LogP contribution in [0.5, 0.6) is 0 Å². The van der Waals surface area contributed by atoms with Gasteiger partial charge in [0.05, 0.1) is 23.4 Å². The van der Waals surface area contributed by atoms with Crippen LogP contribution in [0.2, 0.25) is 0 Å². The molecule has 0 unspecified atom stereocenters. The van der Waals surface area contributed by atoms with Crippen molar-refractivity contribution < 1.29 is 14.5 Å². The Morgan fingerprint density at radius 1 is 1.36 bits per heavy atom. The molecule has 0 aliphatic heterocycles. The lowest BCUT2D eigenvalue weighted by atomic mass is 10.2. The Labute approximate surface area is 163 Å². The van der Waals surface area contributed by atoms with Gasteiger partial charge in [0.25, 0.3) is 11.2 Å². The fourth-order valence-corrected chi connectivity index (χ4v) is 3.34. The molecule has 0 saturated carbocycles. The van der Waals surface area contributed by atoms with Crippen molar-refractivity contribution in [2.24, 2.45) is 0 Å². The van der Waals surface area contributed by atoms with E-state index in [1.165, 1.54) is 35.1 Å². The molecule has 1 N–H and O–H groups in total. The largest absolute Gasteiger partial charge is 0.465 e. The van der Waals surface area contributed by atoms with Crippen LogP contribution in [0.3, 0.4) is 0 Å². The molecule has 28 heavy (non-hydrogen) atoms. The molecule has 0 aliphatic carbocycles. The number of carbonyl (C=O) groups excluding carboxylic acids is 1. The van der Waals surface area contributed by atoms with Crippen molar-refractivity contribution in [3.63, 3.8) is 0 Å². The van der Waals surface area contributed by atoms with Crippen molar-refractivity contribution in [1.29, 1.82) is 0 Å². The second kappa shape index (κ2) is 7.43. The zero-order valence-corrected chi connectivity index (χ0v) is 16.1. The molecular formula is C17H17N5O5S. The van der Waals surface area contributed by atoms with Crippen molar-refractivity contribution in [3.8, 4) is 5.69 Å². The molecule has 11 heteroatoms. The van der Waals surface area contributed by atoms with Crippen molar-refractivity contribution in [2.45, 2.75) is 30.7 Å². The van der Waals surface area contributed by atoms with E-state index in [-0.39, 0.29) is 28.5 Å². The fourth-order valence-electron chi connectivity index (χ4n) is 2.44. The van der Waals surface area contributed by atoms with Crippen LogP contribution >= 0.6 is 11.8 Å². The maximum absolute atomic E-state index is 12.4. The van der Waals surface area contributed by atoms with Gasteiger partial charge < -0.3 is 9.72 Å². The Kier molecular flexibility index (Phi) is 5.18. The second-order valence-corrected chi connectivity index (χ2v) is 7.88. The molecule has 0 amide bonds. The van der Waals surface area contributed by atoms with Gasteiger partial charge in [-0.25, -0.2) is 9.67 Å². The number of ether oxygens (including phenoxy) is 1. The topological polar surface area (TPSA) is 133 Å². The summed E-state index contributed by atoms with van der Waals surface area (Å²) in [4.78, 5) is 41.9. The van der Waals surface area contributed by atoms with Crippen molar-refractivity contribution in [1.82, 2.24) is 19.7 Å². The molecule has 2 aromatic heterocycles. The Hall–Kier alpha value is -3.21. The summed E-state index contributed by atoms with van der Waals surface area (Å²) in [6.45, 7) is 5.31. The SMILES string of the molecule is CCOC(=O)C(C)(C)Sc1nc2c(cnn2-c2ccc([N+](=O)[O-])cc2)c(=O)[nH]1. The molecule has 0 atom stereocenters. The monoisotopic (exact) mass is 403 g/mol. The van der Waals surface area contributed by atoms with E-state index >= 15 is 0 Å². The molecule has 2 heterocycles. The van der Waals surface area contributed by atoms with E-state index in [9.17, 15) is 19.7 Å². The van der Waals surface area contributed by atoms with Crippen LogP contribution in [0.4, 0.5) is 5.69 Å². The van der Waals surface area contributed by atoms with E-state index < -0.39 is 21.2 Å².